The molecule has 1 aliphatic rings. The van der Waals surface area contributed by atoms with Crippen LogP contribution in [-0.2, 0) is 6.42 Å². The number of rotatable bonds is 5. The number of nitrogens with one attached hydrogen (secondary N) is 1. The third kappa shape index (κ3) is 2.17. The lowest BCUT2D eigenvalue weighted by Gasteiger charge is -2.10. The summed E-state index contributed by atoms with van der Waals surface area (Å²) in [6.45, 7) is 3.00. The SMILES string of the molecule is CCc1nsc(NCC2(CCl)CC2)n1. The molecule has 1 N–H and O–H groups in total. The van der Waals surface area contributed by atoms with Crippen LogP contribution in [0.4, 0.5) is 5.13 Å². The Morgan fingerprint density at radius 2 is 2.36 bits per heavy atom. The van der Waals surface area contributed by atoms with Gasteiger partial charge in [-0.2, -0.15) is 4.37 Å². The Morgan fingerprint density at radius 3 is 2.86 bits per heavy atom. The first kappa shape index (κ1) is 10.2. The lowest BCUT2D eigenvalue weighted by atomic mass is 10.1. The summed E-state index contributed by atoms with van der Waals surface area (Å²) in [7, 11) is 0. The maximum absolute atomic E-state index is 5.88. The molecule has 1 heterocycles. The van der Waals surface area contributed by atoms with E-state index in [-0.39, 0.29) is 0 Å². The van der Waals surface area contributed by atoms with E-state index in [9.17, 15) is 0 Å². The van der Waals surface area contributed by atoms with Gasteiger partial charge in [0.25, 0.3) is 0 Å². The Morgan fingerprint density at radius 1 is 1.57 bits per heavy atom. The van der Waals surface area contributed by atoms with E-state index in [0.717, 1.165) is 29.8 Å². The normalized spacial score (nSPS) is 18.1. The van der Waals surface area contributed by atoms with Gasteiger partial charge in [-0.3, -0.25) is 0 Å². The zero-order valence-electron chi connectivity index (χ0n) is 8.22. The van der Waals surface area contributed by atoms with E-state index >= 15 is 0 Å². The summed E-state index contributed by atoms with van der Waals surface area (Å²) in [6, 6.07) is 0. The lowest BCUT2D eigenvalue weighted by Crippen LogP contribution is -2.16. The molecule has 0 unspecified atom stereocenters. The Bertz CT molecular complexity index is 309. The van der Waals surface area contributed by atoms with Crippen LogP contribution in [-0.4, -0.2) is 21.8 Å². The highest BCUT2D eigenvalue weighted by Crippen LogP contribution is 2.46. The number of aryl methyl sites for hydroxylation is 1. The summed E-state index contributed by atoms with van der Waals surface area (Å²) in [6.07, 6.45) is 3.38. The van der Waals surface area contributed by atoms with Crippen molar-refractivity contribution >= 4 is 28.3 Å². The summed E-state index contributed by atoms with van der Waals surface area (Å²) in [5, 5.41) is 4.24. The van der Waals surface area contributed by atoms with E-state index in [0.29, 0.717) is 5.41 Å². The second kappa shape index (κ2) is 4.03. The Labute approximate surface area is 93.1 Å². The summed E-state index contributed by atoms with van der Waals surface area (Å²) in [5.74, 6) is 1.67. The van der Waals surface area contributed by atoms with E-state index in [1.54, 1.807) is 0 Å². The molecule has 0 amide bonds. The van der Waals surface area contributed by atoms with Crippen molar-refractivity contribution in [3.63, 3.8) is 0 Å². The molecule has 1 fully saturated rings. The minimum Gasteiger partial charge on any atom is -0.360 e. The molecule has 0 atom stereocenters. The zero-order valence-corrected chi connectivity index (χ0v) is 9.79. The molecule has 1 saturated carbocycles. The van der Waals surface area contributed by atoms with Gasteiger partial charge in [0.2, 0.25) is 5.13 Å². The third-order valence-corrected chi connectivity index (χ3v) is 3.92. The van der Waals surface area contributed by atoms with Crippen LogP contribution in [0.3, 0.4) is 0 Å². The lowest BCUT2D eigenvalue weighted by molar-refractivity contribution is 0.618. The van der Waals surface area contributed by atoms with Gasteiger partial charge in [0, 0.05) is 35.8 Å². The van der Waals surface area contributed by atoms with Crippen molar-refractivity contribution in [3.8, 4) is 0 Å². The van der Waals surface area contributed by atoms with Crippen molar-refractivity contribution in [3.05, 3.63) is 5.82 Å². The van der Waals surface area contributed by atoms with Gasteiger partial charge < -0.3 is 5.32 Å². The van der Waals surface area contributed by atoms with Gasteiger partial charge in [0.15, 0.2) is 0 Å². The van der Waals surface area contributed by atoms with E-state index < -0.39 is 0 Å². The van der Waals surface area contributed by atoms with Crippen molar-refractivity contribution in [2.45, 2.75) is 26.2 Å². The van der Waals surface area contributed by atoms with Crippen molar-refractivity contribution in [2.24, 2.45) is 5.41 Å². The largest absolute Gasteiger partial charge is 0.360 e. The molecule has 1 aromatic heterocycles. The molecule has 2 rings (SSSR count). The molecule has 5 heteroatoms. The van der Waals surface area contributed by atoms with Crippen LogP contribution < -0.4 is 5.32 Å². The summed E-state index contributed by atoms with van der Waals surface area (Å²) < 4.78 is 4.22. The molecule has 0 spiro atoms. The Kier molecular flexibility index (Phi) is 2.93. The van der Waals surface area contributed by atoms with Crippen molar-refractivity contribution in [1.29, 1.82) is 0 Å². The van der Waals surface area contributed by atoms with Gasteiger partial charge in [-0.15, -0.1) is 11.6 Å². The highest BCUT2D eigenvalue weighted by Gasteiger charge is 2.41. The summed E-state index contributed by atoms with van der Waals surface area (Å²) in [5.41, 5.74) is 0.347. The standard InChI is InChI=1S/C9H14ClN3S/c1-2-7-12-8(14-13-7)11-6-9(5-10)3-4-9/h2-6H2,1H3,(H,11,12,13). The first-order valence-corrected chi connectivity index (χ1v) is 6.21. The predicted molar refractivity (Wildman–Crippen MR) is 60.2 cm³/mol. The predicted octanol–water partition coefficient (Wildman–Crippen LogP) is 2.53. The molecule has 78 valence electrons. The molecular formula is C9H14ClN3S. The topological polar surface area (TPSA) is 37.8 Å². The molecule has 1 aromatic rings. The van der Waals surface area contributed by atoms with Crippen LogP contribution in [0.2, 0.25) is 0 Å². The third-order valence-electron chi connectivity index (χ3n) is 2.64. The van der Waals surface area contributed by atoms with Crippen LogP contribution >= 0.6 is 23.1 Å². The summed E-state index contributed by atoms with van der Waals surface area (Å²) in [4.78, 5) is 4.35. The van der Waals surface area contributed by atoms with E-state index in [1.807, 2.05) is 0 Å². The molecule has 0 saturated heterocycles. The number of nitrogens with zero attached hydrogens (tertiary/aromatic N) is 2. The van der Waals surface area contributed by atoms with Crippen molar-refractivity contribution < 1.29 is 0 Å². The first-order chi connectivity index (χ1) is 6.78. The van der Waals surface area contributed by atoms with Gasteiger partial charge in [-0.25, -0.2) is 4.98 Å². The number of anilines is 1. The number of aromatic nitrogens is 2. The van der Waals surface area contributed by atoms with Crippen molar-refractivity contribution in [1.82, 2.24) is 9.36 Å². The van der Waals surface area contributed by atoms with Gasteiger partial charge >= 0.3 is 0 Å². The molecule has 0 aromatic carbocycles. The maximum atomic E-state index is 5.88. The number of hydrogen-bond acceptors (Lipinski definition) is 4. The van der Waals surface area contributed by atoms with E-state index in [2.05, 4.69) is 21.6 Å². The molecule has 1 aliphatic carbocycles. The Hall–Kier alpha value is -0.350. The smallest absolute Gasteiger partial charge is 0.202 e. The van der Waals surface area contributed by atoms with Gasteiger partial charge in [0.05, 0.1) is 0 Å². The molecule has 14 heavy (non-hydrogen) atoms. The Balaban J connectivity index is 1.85. The minimum absolute atomic E-state index is 0.347. The fraction of sp³-hybridized carbons (Fsp3) is 0.778. The quantitative estimate of drug-likeness (QED) is 0.792. The van der Waals surface area contributed by atoms with Gasteiger partial charge in [-0.1, -0.05) is 6.92 Å². The average Bonchev–Trinajstić information content (AvgIpc) is 2.86. The monoisotopic (exact) mass is 231 g/mol. The zero-order chi connectivity index (χ0) is 10.0. The van der Waals surface area contributed by atoms with Crippen LogP contribution in [0.5, 0.6) is 0 Å². The van der Waals surface area contributed by atoms with E-state index in [1.165, 1.54) is 24.4 Å². The average molecular weight is 232 g/mol. The van der Waals surface area contributed by atoms with Crippen LogP contribution in [0.1, 0.15) is 25.6 Å². The number of halogens is 1. The summed E-state index contributed by atoms with van der Waals surface area (Å²) >= 11 is 7.32. The highest BCUT2D eigenvalue weighted by molar-refractivity contribution is 7.09. The van der Waals surface area contributed by atoms with Crippen LogP contribution in [0, 0.1) is 5.41 Å². The first-order valence-electron chi connectivity index (χ1n) is 4.90. The molecule has 3 nitrogen and oxygen atoms in total. The maximum Gasteiger partial charge on any atom is 0.202 e. The fourth-order valence-electron chi connectivity index (χ4n) is 1.27. The fourth-order valence-corrected chi connectivity index (χ4v) is 2.27. The minimum atomic E-state index is 0.347. The van der Waals surface area contributed by atoms with Crippen molar-refractivity contribution in [2.75, 3.05) is 17.7 Å². The molecular weight excluding hydrogens is 218 g/mol. The second-order valence-electron chi connectivity index (χ2n) is 3.86. The van der Waals surface area contributed by atoms with E-state index in [4.69, 9.17) is 11.6 Å². The second-order valence-corrected chi connectivity index (χ2v) is 4.88. The van der Waals surface area contributed by atoms with Crippen LogP contribution in [0.15, 0.2) is 0 Å². The van der Waals surface area contributed by atoms with Crippen LogP contribution in [0.25, 0.3) is 0 Å². The molecule has 0 radical (unpaired) electrons. The molecule has 0 aliphatic heterocycles. The number of hydrogen-bond donors (Lipinski definition) is 1. The molecule has 0 bridgehead atoms. The number of alkyl halides is 1. The van der Waals surface area contributed by atoms with Gasteiger partial charge in [-0.05, 0) is 12.8 Å². The highest BCUT2D eigenvalue weighted by atomic mass is 35.5. The van der Waals surface area contributed by atoms with Gasteiger partial charge in [0.1, 0.15) is 5.82 Å².